The summed E-state index contributed by atoms with van der Waals surface area (Å²) in [5, 5.41) is 4.88. The number of aryl methyl sites for hydroxylation is 1. The standard InChI is InChI=1S/C18H25N3O3S/c1-12-7-9-25-14(12)10-20(3)15(22)11-21-16(23)18(19-17(21)24)8-5-4-6-13(18)2/h7,9,13H,4-6,8,10-11H2,1-3H3,(H,19,24)/t13-,18+/m1/s1. The highest BCUT2D eigenvalue weighted by Crippen LogP contribution is 2.38. The third kappa shape index (κ3) is 3.17. The molecule has 4 amide bonds. The number of nitrogens with one attached hydrogen (secondary N) is 1. The Morgan fingerprint density at radius 1 is 1.44 bits per heavy atom. The number of carbonyl (C=O) groups is 3. The highest BCUT2D eigenvalue weighted by Gasteiger charge is 2.55. The van der Waals surface area contributed by atoms with Gasteiger partial charge in [0, 0.05) is 11.9 Å². The zero-order chi connectivity index (χ0) is 18.2. The average molecular weight is 363 g/mol. The van der Waals surface area contributed by atoms with Crippen LogP contribution in [0.5, 0.6) is 0 Å². The van der Waals surface area contributed by atoms with Gasteiger partial charge in [0.15, 0.2) is 0 Å². The van der Waals surface area contributed by atoms with Gasteiger partial charge in [0.2, 0.25) is 5.91 Å². The number of hydrogen-bond acceptors (Lipinski definition) is 4. The second kappa shape index (κ2) is 6.78. The Bertz CT molecular complexity index is 701. The van der Waals surface area contributed by atoms with E-state index in [1.54, 1.807) is 23.3 Å². The summed E-state index contributed by atoms with van der Waals surface area (Å²) in [6.07, 6.45) is 3.59. The van der Waals surface area contributed by atoms with Crippen molar-refractivity contribution in [1.82, 2.24) is 15.1 Å². The van der Waals surface area contributed by atoms with E-state index in [1.807, 2.05) is 25.3 Å². The SMILES string of the molecule is Cc1ccsc1CN(C)C(=O)CN1C(=O)N[C@]2(CCCC[C@H]2C)C1=O. The minimum Gasteiger partial charge on any atom is -0.339 e. The van der Waals surface area contributed by atoms with E-state index in [-0.39, 0.29) is 24.3 Å². The predicted molar refractivity (Wildman–Crippen MR) is 96.1 cm³/mol. The van der Waals surface area contributed by atoms with Crippen LogP contribution in [-0.2, 0) is 16.1 Å². The lowest BCUT2D eigenvalue weighted by Gasteiger charge is -2.36. The number of rotatable bonds is 4. The molecule has 0 aromatic carbocycles. The van der Waals surface area contributed by atoms with Crippen molar-refractivity contribution >= 4 is 29.2 Å². The van der Waals surface area contributed by atoms with E-state index < -0.39 is 11.6 Å². The van der Waals surface area contributed by atoms with Gasteiger partial charge >= 0.3 is 6.03 Å². The maximum absolute atomic E-state index is 12.9. The van der Waals surface area contributed by atoms with Gasteiger partial charge in [-0.05, 0) is 42.7 Å². The topological polar surface area (TPSA) is 69.7 Å². The van der Waals surface area contributed by atoms with Crippen LogP contribution in [0.2, 0.25) is 0 Å². The maximum atomic E-state index is 12.9. The molecule has 2 heterocycles. The second-order valence-electron chi connectivity index (χ2n) is 7.22. The number of imide groups is 1. The number of hydrogen-bond donors (Lipinski definition) is 1. The van der Waals surface area contributed by atoms with Gasteiger partial charge in [0.05, 0.1) is 6.54 Å². The molecule has 1 saturated carbocycles. The Hall–Kier alpha value is -1.89. The molecule has 1 aromatic heterocycles. The predicted octanol–water partition coefficient (Wildman–Crippen LogP) is 2.52. The van der Waals surface area contributed by atoms with E-state index in [4.69, 9.17) is 0 Å². The van der Waals surface area contributed by atoms with Crippen LogP contribution < -0.4 is 5.32 Å². The molecule has 1 aromatic rings. The summed E-state index contributed by atoms with van der Waals surface area (Å²) < 4.78 is 0. The van der Waals surface area contributed by atoms with Gasteiger partial charge in [-0.1, -0.05) is 19.8 Å². The number of likely N-dealkylation sites (N-methyl/N-ethyl adjacent to an activating group) is 1. The van der Waals surface area contributed by atoms with Crippen LogP contribution in [-0.4, -0.2) is 46.8 Å². The molecule has 7 heteroatoms. The molecule has 136 valence electrons. The van der Waals surface area contributed by atoms with Gasteiger partial charge in [0.25, 0.3) is 5.91 Å². The molecular weight excluding hydrogens is 338 g/mol. The van der Waals surface area contributed by atoms with E-state index in [1.165, 1.54) is 0 Å². The van der Waals surface area contributed by atoms with Crippen LogP contribution in [0.4, 0.5) is 4.79 Å². The minimum atomic E-state index is -0.807. The quantitative estimate of drug-likeness (QED) is 0.836. The summed E-state index contributed by atoms with van der Waals surface area (Å²) in [4.78, 5) is 41.6. The molecule has 2 aliphatic rings. The molecule has 0 radical (unpaired) electrons. The molecule has 3 rings (SSSR count). The molecule has 1 spiro atoms. The summed E-state index contributed by atoms with van der Waals surface area (Å²) >= 11 is 1.60. The van der Waals surface area contributed by atoms with Gasteiger partial charge < -0.3 is 10.2 Å². The van der Waals surface area contributed by atoms with E-state index in [9.17, 15) is 14.4 Å². The smallest absolute Gasteiger partial charge is 0.325 e. The summed E-state index contributed by atoms with van der Waals surface area (Å²) in [5.74, 6) is -0.361. The number of urea groups is 1. The first-order valence-electron chi connectivity index (χ1n) is 8.76. The zero-order valence-corrected chi connectivity index (χ0v) is 15.8. The number of amides is 4. The van der Waals surface area contributed by atoms with E-state index in [2.05, 4.69) is 5.32 Å². The maximum Gasteiger partial charge on any atom is 0.325 e. The molecule has 2 atom stereocenters. The molecule has 1 aliphatic carbocycles. The van der Waals surface area contributed by atoms with Crippen LogP contribution in [0.1, 0.15) is 43.0 Å². The zero-order valence-electron chi connectivity index (χ0n) is 15.0. The van der Waals surface area contributed by atoms with Crippen molar-refractivity contribution in [1.29, 1.82) is 0 Å². The molecule has 2 fully saturated rings. The van der Waals surface area contributed by atoms with Crippen molar-refractivity contribution in [2.45, 2.75) is 51.6 Å². The summed E-state index contributed by atoms with van der Waals surface area (Å²) in [6.45, 7) is 4.32. The van der Waals surface area contributed by atoms with Crippen LogP contribution >= 0.6 is 11.3 Å². The van der Waals surface area contributed by atoms with E-state index in [0.29, 0.717) is 13.0 Å². The Morgan fingerprint density at radius 3 is 2.84 bits per heavy atom. The first-order chi connectivity index (χ1) is 11.8. The van der Waals surface area contributed by atoms with Gasteiger partial charge in [-0.3, -0.25) is 14.5 Å². The van der Waals surface area contributed by atoms with Crippen molar-refractivity contribution in [3.05, 3.63) is 21.9 Å². The van der Waals surface area contributed by atoms with Gasteiger partial charge in [-0.25, -0.2) is 4.79 Å². The molecule has 0 unspecified atom stereocenters. The van der Waals surface area contributed by atoms with Crippen molar-refractivity contribution in [3.8, 4) is 0 Å². The average Bonchev–Trinajstić information content (AvgIpc) is 3.07. The van der Waals surface area contributed by atoms with Crippen molar-refractivity contribution < 1.29 is 14.4 Å². The van der Waals surface area contributed by atoms with Crippen molar-refractivity contribution in [2.75, 3.05) is 13.6 Å². The molecule has 1 saturated heterocycles. The molecule has 6 nitrogen and oxygen atoms in total. The monoisotopic (exact) mass is 363 g/mol. The highest BCUT2D eigenvalue weighted by atomic mass is 32.1. The first kappa shape index (κ1) is 17.9. The van der Waals surface area contributed by atoms with Crippen molar-refractivity contribution in [3.63, 3.8) is 0 Å². The summed E-state index contributed by atoms with van der Waals surface area (Å²) in [5.41, 5.74) is 0.341. The molecule has 0 bridgehead atoms. The number of nitrogens with zero attached hydrogens (tertiary/aromatic N) is 2. The Balaban J connectivity index is 1.67. The number of carbonyl (C=O) groups excluding carboxylic acids is 3. The second-order valence-corrected chi connectivity index (χ2v) is 8.22. The lowest BCUT2D eigenvalue weighted by atomic mass is 9.73. The molecule has 25 heavy (non-hydrogen) atoms. The first-order valence-corrected chi connectivity index (χ1v) is 9.64. The number of thiophene rings is 1. The fraction of sp³-hybridized carbons (Fsp3) is 0.611. The third-order valence-electron chi connectivity index (χ3n) is 5.57. The lowest BCUT2D eigenvalue weighted by molar-refractivity contribution is -0.140. The minimum absolute atomic E-state index is 0.101. The molecule has 1 aliphatic heterocycles. The van der Waals surface area contributed by atoms with Crippen LogP contribution in [0.25, 0.3) is 0 Å². The fourth-order valence-corrected chi connectivity index (χ4v) is 4.72. The van der Waals surface area contributed by atoms with Gasteiger partial charge in [-0.15, -0.1) is 11.3 Å². The van der Waals surface area contributed by atoms with Crippen LogP contribution in [0.3, 0.4) is 0 Å². The summed E-state index contributed by atoms with van der Waals surface area (Å²) in [6, 6.07) is 1.58. The van der Waals surface area contributed by atoms with E-state index in [0.717, 1.165) is 34.6 Å². The van der Waals surface area contributed by atoms with E-state index >= 15 is 0 Å². The highest BCUT2D eigenvalue weighted by molar-refractivity contribution is 7.10. The third-order valence-corrected chi connectivity index (χ3v) is 6.58. The fourth-order valence-electron chi connectivity index (χ4n) is 3.76. The van der Waals surface area contributed by atoms with Crippen LogP contribution in [0.15, 0.2) is 11.4 Å². The van der Waals surface area contributed by atoms with Crippen LogP contribution in [0, 0.1) is 12.8 Å². The largest absolute Gasteiger partial charge is 0.339 e. The molecule has 1 N–H and O–H groups in total. The lowest BCUT2D eigenvalue weighted by Crippen LogP contribution is -2.54. The van der Waals surface area contributed by atoms with Crippen molar-refractivity contribution in [2.24, 2.45) is 5.92 Å². The summed E-state index contributed by atoms with van der Waals surface area (Å²) in [7, 11) is 1.71. The normalized spacial score (nSPS) is 26.2. The van der Waals surface area contributed by atoms with Gasteiger partial charge in [0.1, 0.15) is 12.1 Å². The Morgan fingerprint density at radius 2 is 2.20 bits per heavy atom. The Kier molecular flexibility index (Phi) is 4.86. The van der Waals surface area contributed by atoms with Gasteiger partial charge in [-0.2, -0.15) is 0 Å². The molecular formula is C18H25N3O3S. The Labute approximate surface area is 152 Å².